The van der Waals surface area contributed by atoms with Crippen molar-refractivity contribution < 1.29 is 4.79 Å². The zero-order valence-electron chi connectivity index (χ0n) is 12.3. The van der Waals surface area contributed by atoms with Gasteiger partial charge in [0.25, 0.3) is 0 Å². The highest BCUT2D eigenvalue weighted by Crippen LogP contribution is 2.01. The largest absolute Gasteiger partial charge is 0.383 e. The average molecular weight is 248 g/mol. The summed E-state index contributed by atoms with van der Waals surface area (Å²) in [6.07, 6.45) is 10.9. The predicted molar refractivity (Wildman–Crippen MR) is 78.2 cm³/mol. The summed E-state index contributed by atoms with van der Waals surface area (Å²) in [7, 11) is 7.78. The molecule has 3 nitrogen and oxygen atoms in total. The summed E-state index contributed by atoms with van der Waals surface area (Å²) >= 11 is 0. The van der Waals surface area contributed by atoms with Crippen LogP contribution in [0.4, 0.5) is 0 Å². The fourth-order valence-corrected chi connectivity index (χ4v) is 1.12. The van der Waals surface area contributed by atoms with Crippen LogP contribution >= 0.6 is 0 Å². The van der Waals surface area contributed by atoms with Crippen LogP contribution in [0.25, 0.3) is 0 Å². The number of allylic oxidation sites excluding steroid dienone is 6. The van der Waals surface area contributed by atoms with Gasteiger partial charge in [-0.1, -0.05) is 0 Å². The van der Waals surface area contributed by atoms with Crippen molar-refractivity contribution in [1.29, 1.82) is 0 Å². The van der Waals surface area contributed by atoms with Crippen molar-refractivity contribution in [2.24, 2.45) is 0 Å². The van der Waals surface area contributed by atoms with Crippen LogP contribution in [-0.2, 0) is 4.79 Å². The molecule has 0 saturated carbocycles. The molecule has 0 atom stereocenters. The first-order chi connectivity index (χ1) is 8.31. The maximum Gasteiger partial charge on any atom is 0.179 e. The van der Waals surface area contributed by atoms with E-state index in [4.69, 9.17) is 0 Å². The number of nitrogens with zero attached hydrogens (tertiary/aromatic N) is 2. The molecule has 0 aliphatic carbocycles. The van der Waals surface area contributed by atoms with Crippen molar-refractivity contribution in [2.75, 3.05) is 28.2 Å². The van der Waals surface area contributed by atoms with E-state index in [2.05, 4.69) is 0 Å². The first-order valence-corrected chi connectivity index (χ1v) is 5.91. The summed E-state index contributed by atoms with van der Waals surface area (Å²) in [5.41, 5.74) is 1.88. The van der Waals surface area contributed by atoms with Crippen molar-refractivity contribution in [3.8, 4) is 0 Å². The number of hydrogen-bond donors (Lipinski definition) is 0. The minimum absolute atomic E-state index is 0.0109. The van der Waals surface area contributed by atoms with E-state index in [0.717, 1.165) is 11.1 Å². The summed E-state index contributed by atoms with van der Waals surface area (Å²) in [6, 6.07) is 0. The zero-order valence-corrected chi connectivity index (χ0v) is 12.3. The Hall–Kier alpha value is -1.77. The number of carbonyl (C=O) groups is 1. The molecule has 0 rings (SSSR count). The maximum absolute atomic E-state index is 11.7. The summed E-state index contributed by atoms with van der Waals surface area (Å²) in [5, 5.41) is 0. The second kappa shape index (κ2) is 8.34. The number of ketones is 1. The van der Waals surface area contributed by atoms with E-state index in [0.29, 0.717) is 0 Å². The molecule has 0 spiro atoms. The lowest BCUT2D eigenvalue weighted by atomic mass is 10.1. The predicted octanol–water partition coefficient (Wildman–Crippen LogP) is 2.60. The average Bonchev–Trinajstić information content (AvgIpc) is 2.23. The molecule has 0 amide bonds. The van der Waals surface area contributed by atoms with Gasteiger partial charge in [0.2, 0.25) is 0 Å². The molecule has 0 fully saturated rings. The monoisotopic (exact) mass is 248 g/mol. The topological polar surface area (TPSA) is 23.6 Å². The highest BCUT2D eigenvalue weighted by Gasteiger charge is 1.93. The SMILES string of the molecule is CC(C=CN(C)C)=CC(=O)C=C(C)C=CN(C)C. The van der Waals surface area contributed by atoms with Gasteiger partial charge in [-0.3, -0.25) is 4.79 Å². The first kappa shape index (κ1) is 16.2. The highest BCUT2D eigenvalue weighted by molar-refractivity contribution is 6.00. The lowest BCUT2D eigenvalue weighted by Gasteiger charge is -2.03. The Balaban J connectivity index is 4.58. The molecule has 0 unspecified atom stereocenters. The fraction of sp³-hybridized carbons (Fsp3) is 0.400. The molecule has 0 bridgehead atoms. The number of hydrogen-bond acceptors (Lipinski definition) is 3. The maximum atomic E-state index is 11.7. The Kier molecular flexibility index (Phi) is 7.52. The standard InChI is InChI=1S/C15H24N2O/c1-13(7-9-16(3)4)11-15(18)12-14(2)8-10-17(5)6/h7-12H,1-6H3. The number of carbonyl (C=O) groups excluding carboxylic acids is 1. The van der Waals surface area contributed by atoms with Crippen molar-refractivity contribution in [1.82, 2.24) is 9.80 Å². The van der Waals surface area contributed by atoms with Gasteiger partial charge in [-0.05, 0) is 61.7 Å². The van der Waals surface area contributed by atoms with Crippen LogP contribution in [0, 0.1) is 0 Å². The second-order valence-corrected chi connectivity index (χ2v) is 4.74. The van der Waals surface area contributed by atoms with E-state index < -0.39 is 0 Å². The van der Waals surface area contributed by atoms with E-state index in [-0.39, 0.29) is 5.78 Å². The molecule has 0 aliphatic heterocycles. The van der Waals surface area contributed by atoms with E-state index in [1.165, 1.54) is 0 Å². The normalized spacial score (nSPS) is 13.4. The Labute approximate surface area is 111 Å². The van der Waals surface area contributed by atoms with Crippen LogP contribution in [0.2, 0.25) is 0 Å². The second-order valence-electron chi connectivity index (χ2n) is 4.74. The van der Waals surface area contributed by atoms with Crippen LogP contribution in [0.5, 0.6) is 0 Å². The molecule has 0 aromatic carbocycles. The molecule has 0 aliphatic rings. The van der Waals surface area contributed by atoms with Crippen LogP contribution in [0.3, 0.4) is 0 Å². The molecule has 3 heteroatoms. The lowest BCUT2D eigenvalue weighted by molar-refractivity contribution is -0.110. The van der Waals surface area contributed by atoms with Crippen LogP contribution in [-0.4, -0.2) is 43.8 Å². The van der Waals surface area contributed by atoms with Crippen molar-refractivity contribution >= 4 is 5.78 Å². The molecular weight excluding hydrogens is 224 g/mol. The quantitative estimate of drug-likeness (QED) is 0.533. The van der Waals surface area contributed by atoms with Gasteiger partial charge < -0.3 is 9.80 Å². The van der Waals surface area contributed by atoms with Crippen LogP contribution in [0.1, 0.15) is 13.8 Å². The van der Waals surface area contributed by atoms with Gasteiger partial charge in [0.05, 0.1) is 0 Å². The Morgan fingerprint density at radius 3 is 1.39 bits per heavy atom. The lowest BCUT2D eigenvalue weighted by Crippen LogP contribution is -2.00. The van der Waals surface area contributed by atoms with E-state index in [1.54, 1.807) is 12.2 Å². The van der Waals surface area contributed by atoms with Gasteiger partial charge in [0.15, 0.2) is 5.78 Å². The third-order valence-corrected chi connectivity index (χ3v) is 2.01. The zero-order chi connectivity index (χ0) is 14.1. The van der Waals surface area contributed by atoms with Crippen LogP contribution < -0.4 is 0 Å². The minimum Gasteiger partial charge on any atom is -0.383 e. The van der Waals surface area contributed by atoms with E-state index >= 15 is 0 Å². The van der Waals surface area contributed by atoms with Gasteiger partial charge in [-0.2, -0.15) is 0 Å². The van der Waals surface area contributed by atoms with Crippen molar-refractivity contribution in [2.45, 2.75) is 13.8 Å². The van der Waals surface area contributed by atoms with Gasteiger partial charge in [0.1, 0.15) is 0 Å². The van der Waals surface area contributed by atoms with Crippen LogP contribution in [0.15, 0.2) is 47.9 Å². The molecule has 0 aromatic heterocycles. The molecule has 0 aromatic rings. The molecule has 0 radical (unpaired) electrons. The van der Waals surface area contributed by atoms with Crippen molar-refractivity contribution in [3.63, 3.8) is 0 Å². The molecule has 0 N–H and O–H groups in total. The molecule has 0 heterocycles. The summed E-state index contributed by atoms with van der Waals surface area (Å²) in [4.78, 5) is 15.6. The smallest absolute Gasteiger partial charge is 0.179 e. The molecule has 100 valence electrons. The van der Waals surface area contributed by atoms with Gasteiger partial charge >= 0.3 is 0 Å². The first-order valence-electron chi connectivity index (χ1n) is 5.91. The molecule has 18 heavy (non-hydrogen) atoms. The Morgan fingerprint density at radius 1 is 0.778 bits per heavy atom. The summed E-state index contributed by atoms with van der Waals surface area (Å²) in [6.45, 7) is 3.83. The highest BCUT2D eigenvalue weighted by atomic mass is 16.1. The van der Waals surface area contributed by atoms with E-state index in [9.17, 15) is 4.79 Å². The van der Waals surface area contributed by atoms with Gasteiger partial charge in [-0.15, -0.1) is 0 Å². The van der Waals surface area contributed by atoms with Gasteiger partial charge in [0, 0.05) is 28.2 Å². The fourth-order valence-electron chi connectivity index (χ4n) is 1.12. The molecule has 0 saturated heterocycles. The molecular formula is C15H24N2O. The number of rotatable bonds is 6. The minimum atomic E-state index is 0.0109. The third-order valence-electron chi connectivity index (χ3n) is 2.01. The Bertz CT molecular complexity index is 349. The summed E-state index contributed by atoms with van der Waals surface area (Å²) < 4.78 is 0. The Morgan fingerprint density at radius 2 is 1.11 bits per heavy atom. The summed E-state index contributed by atoms with van der Waals surface area (Å²) in [5.74, 6) is 0.0109. The third kappa shape index (κ3) is 9.46. The van der Waals surface area contributed by atoms with E-state index in [1.807, 2.05) is 76.4 Å². The van der Waals surface area contributed by atoms with Crippen molar-refractivity contribution in [3.05, 3.63) is 47.9 Å². The van der Waals surface area contributed by atoms with Gasteiger partial charge in [-0.25, -0.2) is 0 Å².